The van der Waals surface area contributed by atoms with Crippen molar-refractivity contribution in [2.75, 3.05) is 32.3 Å². The molecule has 0 atom stereocenters. The predicted octanol–water partition coefficient (Wildman–Crippen LogP) is 6.17. The fraction of sp³-hybridized carbons (Fsp3) is 0.333. The van der Waals surface area contributed by atoms with E-state index in [1.54, 1.807) is 14.2 Å². The molecule has 0 bridgehead atoms. The SMILES string of the molecule is CCc1c(-c2ccc(C)cc2)cc2c(c1C)N(CCOC)Cc1cc(OC)ccc1-2. The smallest absolute Gasteiger partial charge is 0.119 e. The third kappa shape index (κ3) is 3.59. The van der Waals surface area contributed by atoms with Crippen LogP contribution >= 0.6 is 0 Å². The standard InChI is InChI=1S/C27H31NO2/c1-6-23-19(3)27-26(16-25(23)20-9-7-18(2)8-10-20)24-12-11-22(30-5)15-21(24)17-28(27)13-14-29-4/h7-12,15-16H,6,13-14,17H2,1-5H3. The van der Waals surface area contributed by atoms with Crippen LogP contribution in [0.1, 0.15) is 29.2 Å². The Morgan fingerprint density at radius 3 is 2.33 bits per heavy atom. The monoisotopic (exact) mass is 401 g/mol. The Morgan fingerprint density at radius 2 is 1.67 bits per heavy atom. The highest BCUT2D eigenvalue weighted by molar-refractivity contribution is 5.91. The molecule has 0 spiro atoms. The number of ether oxygens (including phenoxy) is 2. The molecule has 0 aromatic heterocycles. The fourth-order valence-electron chi connectivity index (χ4n) is 4.67. The summed E-state index contributed by atoms with van der Waals surface area (Å²) in [5, 5.41) is 0. The van der Waals surface area contributed by atoms with E-state index in [4.69, 9.17) is 9.47 Å². The fourth-order valence-corrected chi connectivity index (χ4v) is 4.67. The first-order valence-corrected chi connectivity index (χ1v) is 10.7. The quantitative estimate of drug-likeness (QED) is 0.493. The molecule has 0 amide bonds. The first-order chi connectivity index (χ1) is 14.6. The van der Waals surface area contributed by atoms with Gasteiger partial charge in [0, 0.05) is 31.5 Å². The number of hydrogen-bond acceptors (Lipinski definition) is 3. The normalized spacial score (nSPS) is 12.5. The number of methoxy groups -OCH3 is 2. The van der Waals surface area contributed by atoms with Crippen LogP contribution in [-0.2, 0) is 17.7 Å². The zero-order valence-corrected chi connectivity index (χ0v) is 18.7. The van der Waals surface area contributed by atoms with Crippen molar-refractivity contribution in [1.82, 2.24) is 0 Å². The van der Waals surface area contributed by atoms with Gasteiger partial charge in [-0.1, -0.05) is 42.8 Å². The maximum atomic E-state index is 5.51. The van der Waals surface area contributed by atoms with E-state index in [9.17, 15) is 0 Å². The summed E-state index contributed by atoms with van der Waals surface area (Å²) < 4.78 is 10.9. The van der Waals surface area contributed by atoms with E-state index in [0.29, 0.717) is 6.61 Å². The number of nitrogens with zero attached hydrogens (tertiary/aromatic N) is 1. The molecule has 156 valence electrons. The summed E-state index contributed by atoms with van der Waals surface area (Å²) in [6, 6.07) is 17.8. The zero-order valence-electron chi connectivity index (χ0n) is 18.7. The van der Waals surface area contributed by atoms with E-state index in [1.165, 1.54) is 50.2 Å². The average Bonchev–Trinajstić information content (AvgIpc) is 2.77. The molecule has 4 rings (SSSR count). The molecule has 3 aromatic carbocycles. The van der Waals surface area contributed by atoms with E-state index in [-0.39, 0.29) is 0 Å². The number of anilines is 1. The summed E-state index contributed by atoms with van der Waals surface area (Å²) in [6.07, 6.45) is 1.01. The van der Waals surface area contributed by atoms with Crippen molar-refractivity contribution < 1.29 is 9.47 Å². The van der Waals surface area contributed by atoms with Gasteiger partial charge in [0.15, 0.2) is 0 Å². The Hall–Kier alpha value is -2.78. The predicted molar refractivity (Wildman–Crippen MR) is 126 cm³/mol. The molecule has 0 aliphatic carbocycles. The molecule has 30 heavy (non-hydrogen) atoms. The van der Waals surface area contributed by atoms with Crippen LogP contribution in [-0.4, -0.2) is 27.4 Å². The van der Waals surface area contributed by atoms with Crippen molar-refractivity contribution in [3.63, 3.8) is 0 Å². The van der Waals surface area contributed by atoms with Crippen molar-refractivity contribution in [1.29, 1.82) is 0 Å². The average molecular weight is 402 g/mol. The van der Waals surface area contributed by atoms with Gasteiger partial charge in [-0.3, -0.25) is 0 Å². The summed E-state index contributed by atoms with van der Waals surface area (Å²) in [4.78, 5) is 2.47. The van der Waals surface area contributed by atoms with Crippen LogP contribution in [0.4, 0.5) is 5.69 Å². The van der Waals surface area contributed by atoms with Crippen LogP contribution in [0.15, 0.2) is 48.5 Å². The Balaban J connectivity index is 1.96. The molecule has 0 saturated heterocycles. The second-order valence-corrected chi connectivity index (χ2v) is 8.08. The largest absolute Gasteiger partial charge is 0.497 e. The topological polar surface area (TPSA) is 21.7 Å². The van der Waals surface area contributed by atoms with Gasteiger partial charge in [0.25, 0.3) is 0 Å². The van der Waals surface area contributed by atoms with Crippen LogP contribution in [0.3, 0.4) is 0 Å². The van der Waals surface area contributed by atoms with E-state index in [0.717, 1.165) is 25.3 Å². The molecule has 0 radical (unpaired) electrons. The van der Waals surface area contributed by atoms with E-state index in [1.807, 2.05) is 0 Å². The Morgan fingerprint density at radius 1 is 0.900 bits per heavy atom. The second kappa shape index (κ2) is 8.53. The van der Waals surface area contributed by atoms with Crippen molar-refractivity contribution >= 4 is 5.69 Å². The van der Waals surface area contributed by atoms with E-state index >= 15 is 0 Å². The minimum Gasteiger partial charge on any atom is -0.497 e. The minimum atomic E-state index is 0.708. The Kier molecular flexibility index (Phi) is 5.83. The van der Waals surface area contributed by atoms with Crippen molar-refractivity contribution in [2.24, 2.45) is 0 Å². The number of hydrogen-bond donors (Lipinski definition) is 0. The highest BCUT2D eigenvalue weighted by Gasteiger charge is 2.27. The van der Waals surface area contributed by atoms with Crippen LogP contribution in [0.2, 0.25) is 0 Å². The molecular formula is C27H31NO2. The van der Waals surface area contributed by atoms with Gasteiger partial charge in [-0.2, -0.15) is 0 Å². The third-order valence-corrected chi connectivity index (χ3v) is 6.24. The molecule has 1 aliphatic heterocycles. The molecule has 1 heterocycles. The molecule has 0 fully saturated rings. The lowest BCUT2D eigenvalue weighted by Crippen LogP contribution is -2.31. The zero-order chi connectivity index (χ0) is 21.3. The lowest BCUT2D eigenvalue weighted by atomic mass is 9.84. The third-order valence-electron chi connectivity index (χ3n) is 6.24. The maximum absolute atomic E-state index is 5.51. The molecule has 3 heteroatoms. The lowest BCUT2D eigenvalue weighted by molar-refractivity contribution is 0.205. The maximum Gasteiger partial charge on any atom is 0.119 e. The number of benzene rings is 3. The summed E-state index contributed by atoms with van der Waals surface area (Å²) in [7, 11) is 3.50. The van der Waals surface area contributed by atoms with E-state index in [2.05, 4.69) is 74.2 Å². The summed E-state index contributed by atoms with van der Waals surface area (Å²) in [5.74, 6) is 0.907. The molecule has 3 aromatic rings. The van der Waals surface area contributed by atoms with Gasteiger partial charge >= 0.3 is 0 Å². The van der Waals surface area contributed by atoms with Crippen LogP contribution in [0, 0.1) is 13.8 Å². The van der Waals surface area contributed by atoms with Gasteiger partial charge in [0.2, 0.25) is 0 Å². The molecule has 3 nitrogen and oxygen atoms in total. The molecule has 1 aliphatic rings. The molecule has 0 N–H and O–H groups in total. The van der Waals surface area contributed by atoms with Crippen molar-refractivity contribution in [3.05, 3.63) is 70.8 Å². The molecule has 0 saturated carbocycles. The summed E-state index contributed by atoms with van der Waals surface area (Å²) in [5.41, 5.74) is 12.0. The van der Waals surface area contributed by atoms with E-state index < -0.39 is 0 Å². The summed E-state index contributed by atoms with van der Waals surface area (Å²) >= 11 is 0. The molecular weight excluding hydrogens is 370 g/mol. The van der Waals surface area contributed by atoms with Crippen molar-refractivity contribution in [3.8, 4) is 28.0 Å². The van der Waals surface area contributed by atoms with Crippen molar-refractivity contribution in [2.45, 2.75) is 33.7 Å². The number of aryl methyl sites for hydroxylation is 1. The first-order valence-electron chi connectivity index (χ1n) is 10.7. The highest BCUT2D eigenvalue weighted by atomic mass is 16.5. The van der Waals surface area contributed by atoms with Gasteiger partial charge in [0.1, 0.15) is 5.75 Å². The summed E-state index contributed by atoms with van der Waals surface area (Å²) in [6.45, 7) is 9.13. The highest BCUT2D eigenvalue weighted by Crippen LogP contribution is 2.46. The van der Waals surface area contributed by atoms with Gasteiger partial charge in [-0.15, -0.1) is 0 Å². The Bertz CT molecular complexity index is 1050. The van der Waals surface area contributed by atoms with Gasteiger partial charge < -0.3 is 14.4 Å². The van der Waals surface area contributed by atoms with Crippen LogP contribution in [0.5, 0.6) is 5.75 Å². The lowest BCUT2D eigenvalue weighted by Gasteiger charge is -2.36. The van der Waals surface area contributed by atoms with Crippen LogP contribution < -0.4 is 9.64 Å². The minimum absolute atomic E-state index is 0.708. The number of fused-ring (bicyclic) bond motifs is 3. The van der Waals surface area contributed by atoms with Gasteiger partial charge in [-0.05, 0) is 71.8 Å². The second-order valence-electron chi connectivity index (χ2n) is 8.08. The molecule has 0 unspecified atom stereocenters. The Labute approximate surface area is 180 Å². The van der Waals surface area contributed by atoms with Gasteiger partial charge in [0.05, 0.1) is 13.7 Å². The van der Waals surface area contributed by atoms with Crippen LogP contribution in [0.25, 0.3) is 22.3 Å². The first kappa shape index (κ1) is 20.5. The number of rotatable bonds is 6. The van der Waals surface area contributed by atoms with Gasteiger partial charge in [-0.25, -0.2) is 0 Å².